The number of β-amino-alcohol motifs (C(OH)–C–C–N with tert-alkyl or cyclic N) is 1. The third-order valence-electron chi connectivity index (χ3n) is 5.45. The Labute approximate surface area is 138 Å². The van der Waals surface area contributed by atoms with Crippen LogP contribution in [-0.2, 0) is 18.4 Å². The van der Waals surface area contributed by atoms with Gasteiger partial charge < -0.3 is 14.6 Å². The zero-order valence-electron chi connectivity index (χ0n) is 14.2. The summed E-state index contributed by atoms with van der Waals surface area (Å²) < 4.78 is 2.08. The first-order chi connectivity index (χ1) is 11.0. The van der Waals surface area contributed by atoms with Crippen LogP contribution in [-0.4, -0.2) is 62.6 Å². The van der Waals surface area contributed by atoms with Gasteiger partial charge in [-0.2, -0.15) is 0 Å². The zero-order valence-corrected chi connectivity index (χ0v) is 14.2. The number of likely N-dealkylation sites (tertiary alicyclic amines) is 2. The molecule has 1 atom stereocenters. The molecule has 2 aliphatic rings. The molecule has 23 heavy (non-hydrogen) atoms. The second-order valence-electron chi connectivity index (χ2n) is 7.40. The van der Waals surface area contributed by atoms with Gasteiger partial charge in [-0.1, -0.05) is 0 Å². The summed E-state index contributed by atoms with van der Waals surface area (Å²) in [5, 5.41) is 9.61. The first-order valence-corrected chi connectivity index (χ1v) is 8.61. The van der Waals surface area contributed by atoms with E-state index in [1.807, 2.05) is 24.5 Å². The highest BCUT2D eigenvalue weighted by Gasteiger charge is 2.41. The fourth-order valence-electron chi connectivity index (χ4n) is 3.95. The second kappa shape index (κ2) is 6.61. The van der Waals surface area contributed by atoms with E-state index in [9.17, 15) is 9.90 Å². The van der Waals surface area contributed by atoms with Crippen molar-refractivity contribution >= 4 is 5.91 Å². The number of aromatic nitrogens is 2. The lowest BCUT2D eigenvalue weighted by atomic mass is 9.72. The van der Waals surface area contributed by atoms with Crippen LogP contribution in [0.4, 0.5) is 0 Å². The van der Waals surface area contributed by atoms with Crippen LogP contribution in [0.15, 0.2) is 12.5 Å². The highest BCUT2D eigenvalue weighted by Crippen LogP contribution is 2.40. The number of carbonyl (C=O) groups is 1. The number of hydrogen-bond acceptors (Lipinski definition) is 4. The molecule has 3 rings (SSSR count). The van der Waals surface area contributed by atoms with Crippen molar-refractivity contribution in [2.75, 3.05) is 26.2 Å². The molecule has 6 nitrogen and oxygen atoms in total. The molecule has 3 heterocycles. The summed E-state index contributed by atoms with van der Waals surface area (Å²) >= 11 is 0. The van der Waals surface area contributed by atoms with Crippen molar-refractivity contribution in [1.82, 2.24) is 19.4 Å². The predicted octanol–water partition coefficient (Wildman–Crippen LogP) is 1.01. The summed E-state index contributed by atoms with van der Waals surface area (Å²) in [5.74, 6) is 0.203. The van der Waals surface area contributed by atoms with Crippen molar-refractivity contribution in [3.05, 3.63) is 18.2 Å². The predicted molar refractivity (Wildman–Crippen MR) is 87.6 cm³/mol. The fourth-order valence-corrected chi connectivity index (χ4v) is 3.95. The van der Waals surface area contributed by atoms with E-state index in [1.165, 1.54) is 5.69 Å². The Morgan fingerprint density at radius 1 is 1.35 bits per heavy atom. The van der Waals surface area contributed by atoms with Gasteiger partial charge in [0, 0.05) is 39.3 Å². The molecule has 0 radical (unpaired) electrons. The number of rotatable bonds is 4. The number of hydrogen-bond donors (Lipinski definition) is 1. The van der Waals surface area contributed by atoms with Gasteiger partial charge >= 0.3 is 0 Å². The Balaban J connectivity index is 1.57. The molecule has 1 spiro atoms. The molecule has 6 heteroatoms. The van der Waals surface area contributed by atoms with Crippen LogP contribution in [0.25, 0.3) is 0 Å². The van der Waals surface area contributed by atoms with Crippen molar-refractivity contribution in [2.24, 2.45) is 12.5 Å². The van der Waals surface area contributed by atoms with E-state index in [0.29, 0.717) is 13.0 Å². The van der Waals surface area contributed by atoms with E-state index >= 15 is 0 Å². The minimum Gasteiger partial charge on any atom is -0.392 e. The lowest BCUT2D eigenvalue weighted by Crippen LogP contribution is -2.52. The summed E-state index contributed by atoms with van der Waals surface area (Å²) in [6.45, 7) is 6.13. The molecule has 1 aromatic heterocycles. The molecule has 1 N–H and O–H groups in total. The van der Waals surface area contributed by atoms with E-state index in [-0.39, 0.29) is 11.3 Å². The monoisotopic (exact) mass is 320 g/mol. The van der Waals surface area contributed by atoms with Gasteiger partial charge in [-0.3, -0.25) is 9.69 Å². The summed E-state index contributed by atoms with van der Waals surface area (Å²) in [7, 11) is 2.04. The quantitative estimate of drug-likeness (QED) is 0.899. The maximum atomic E-state index is 12.1. The van der Waals surface area contributed by atoms with E-state index in [1.54, 1.807) is 6.92 Å². The van der Waals surface area contributed by atoms with Gasteiger partial charge in [-0.05, 0) is 44.7 Å². The molecule has 2 aliphatic heterocycles. The molecule has 128 valence electrons. The SMILES string of the molecule is CC(O)CN1CC2(CCC1=O)CCN(Cc1cncn1C)CC2. The Hall–Kier alpha value is -1.40. The van der Waals surface area contributed by atoms with Crippen molar-refractivity contribution in [2.45, 2.75) is 45.3 Å². The largest absolute Gasteiger partial charge is 0.392 e. The second-order valence-corrected chi connectivity index (χ2v) is 7.40. The smallest absolute Gasteiger partial charge is 0.222 e. The summed E-state index contributed by atoms with van der Waals surface area (Å²) in [6.07, 6.45) is 7.24. The van der Waals surface area contributed by atoms with E-state index in [0.717, 1.165) is 45.4 Å². The molecule has 0 bridgehead atoms. The van der Waals surface area contributed by atoms with Gasteiger partial charge in [0.2, 0.25) is 5.91 Å². The van der Waals surface area contributed by atoms with E-state index in [2.05, 4.69) is 14.5 Å². The third kappa shape index (κ3) is 3.75. The molecule has 0 aliphatic carbocycles. The number of aryl methyl sites for hydroxylation is 1. The topological polar surface area (TPSA) is 61.6 Å². The Morgan fingerprint density at radius 3 is 2.70 bits per heavy atom. The molecular formula is C17H28N4O2. The minimum atomic E-state index is -0.445. The lowest BCUT2D eigenvalue weighted by molar-refractivity contribution is -0.140. The normalized spacial score (nSPS) is 23.4. The molecule has 0 saturated carbocycles. The molecule has 1 aromatic rings. The number of imidazole rings is 1. The highest BCUT2D eigenvalue weighted by atomic mass is 16.3. The standard InChI is InChI=1S/C17H28N4O2/c1-14(22)10-21-12-17(4-3-16(21)23)5-7-20(8-6-17)11-15-9-18-13-19(15)2/h9,13-14,22H,3-8,10-12H2,1-2H3. The number of piperidine rings is 2. The average Bonchev–Trinajstić information content (AvgIpc) is 2.91. The lowest BCUT2D eigenvalue weighted by Gasteiger charge is -2.47. The Morgan fingerprint density at radius 2 is 2.09 bits per heavy atom. The maximum absolute atomic E-state index is 12.1. The summed E-state index contributed by atoms with van der Waals surface area (Å²) in [5.41, 5.74) is 1.50. The van der Waals surface area contributed by atoms with Gasteiger partial charge in [0.25, 0.3) is 0 Å². The molecule has 1 amide bonds. The highest BCUT2D eigenvalue weighted by molar-refractivity contribution is 5.77. The van der Waals surface area contributed by atoms with Crippen LogP contribution in [0, 0.1) is 5.41 Å². The van der Waals surface area contributed by atoms with Gasteiger partial charge in [0.1, 0.15) is 0 Å². The third-order valence-corrected chi connectivity index (χ3v) is 5.45. The summed E-state index contributed by atoms with van der Waals surface area (Å²) in [6, 6.07) is 0. The van der Waals surface area contributed by atoms with E-state index in [4.69, 9.17) is 0 Å². The number of aliphatic hydroxyl groups is 1. The minimum absolute atomic E-state index is 0.203. The van der Waals surface area contributed by atoms with Crippen LogP contribution in [0.1, 0.15) is 38.3 Å². The molecule has 2 fully saturated rings. The number of amides is 1. The molecule has 1 unspecified atom stereocenters. The van der Waals surface area contributed by atoms with Crippen molar-refractivity contribution in [3.8, 4) is 0 Å². The Kier molecular flexibility index (Phi) is 4.73. The van der Waals surface area contributed by atoms with Gasteiger partial charge in [-0.25, -0.2) is 4.98 Å². The first kappa shape index (κ1) is 16.5. The van der Waals surface area contributed by atoms with Gasteiger partial charge in [-0.15, -0.1) is 0 Å². The van der Waals surface area contributed by atoms with Crippen LogP contribution in [0.2, 0.25) is 0 Å². The van der Waals surface area contributed by atoms with Crippen LogP contribution in [0.5, 0.6) is 0 Å². The van der Waals surface area contributed by atoms with Crippen LogP contribution < -0.4 is 0 Å². The van der Waals surface area contributed by atoms with Gasteiger partial charge in [0.05, 0.1) is 18.1 Å². The van der Waals surface area contributed by atoms with E-state index < -0.39 is 6.10 Å². The zero-order chi connectivity index (χ0) is 16.4. The number of nitrogens with zero attached hydrogens (tertiary/aromatic N) is 4. The first-order valence-electron chi connectivity index (χ1n) is 8.61. The van der Waals surface area contributed by atoms with Crippen LogP contribution >= 0.6 is 0 Å². The van der Waals surface area contributed by atoms with Gasteiger partial charge in [0.15, 0.2) is 0 Å². The fraction of sp³-hybridized carbons (Fsp3) is 0.765. The van der Waals surface area contributed by atoms with Crippen molar-refractivity contribution in [1.29, 1.82) is 0 Å². The van der Waals surface area contributed by atoms with Crippen LogP contribution in [0.3, 0.4) is 0 Å². The van der Waals surface area contributed by atoms with Crippen molar-refractivity contribution < 1.29 is 9.90 Å². The average molecular weight is 320 g/mol. The van der Waals surface area contributed by atoms with Crippen molar-refractivity contribution in [3.63, 3.8) is 0 Å². The Bertz CT molecular complexity index is 547. The molecular weight excluding hydrogens is 292 g/mol. The number of aliphatic hydroxyl groups excluding tert-OH is 1. The maximum Gasteiger partial charge on any atom is 0.222 e. The summed E-state index contributed by atoms with van der Waals surface area (Å²) in [4.78, 5) is 20.6. The molecule has 0 aromatic carbocycles. The molecule has 2 saturated heterocycles. The number of carbonyl (C=O) groups excluding carboxylic acids is 1.